The standard InChI is InChI=1S/C18H31NO6/c1-5-11(2)16(21)25-12(3)18(4,23)17(22)24-10-13-6-8-19-9-7-14(20)15(13)19/h11-15,20,23H,5-10H2,1-4H3/t11-,12-,13-,14-,15-,18-/m1/s1. The van der Waals surface area contributed by atoms with Crippen LogP contribution < -0.4 is 0 Å². The number of hydrogen-bond donors (Lipinski definition) is 2. The predicted molar refractivity (Wildman–Crippen MR) is 90.7 cm³/mol. The number of fused-ring (bicyclic) bond motifs is 1. The Morgan fingerprint density at radius 1 is 1.28 bits per heavy atom. The Morgan fingerprint density at radius 3 is 2.56 bits per heavy atom. The molecule has 7 nitrogen and oxygen atoms in total. The molecule has 2 fully saturated rings. The second-order valence-corrected chi connectivity index (χ2v) is 7.57. The number of carbonyl (C=O) groups is 2. The van der Waals surface area contributed by atoms with E-state index in [2.05, 4.69) is 4.90 Å². The number of aliphatic hydroxyl groups is 2. The molecule has 6 atom stereocenters. The van der Waals surface area contributed by atoms with E-state index in [0.717, 1.165) is 25.9 Å². The van der Waals surface area contributed by atoms with Gasteiger partial charge in [-0.25, -0.2) is 4.79 Å². The highest BCUT2D eigenvalue weighted by molar-refractivity contribution is 5.80. The van der Waals surface area contributed by atoms with Gasteiger partial charge in [-0.05, 0) is 39.7 Å². The van der Waals surface area contributed by atoms with E-state index in [-0.39, 0.29) is 30.6 Å². The van der Waals surface area contributed by atoms with Crippen LogP contribution in [0.3, 0.4) is 0 Å². The summed E-state index contributed by atoms with van der Waals surface area (Å²) in [6.45, 7) is 8.31. The Balaban J connectivity index is 1.87. The molecule has 2 N–H and O–H groups in total. The molecule has 2 saturated heterocycles. The van der Waals surface area contributed by atoms with E-state index in [1.807, 2.05) is 6.92 Å². The summed E-state index contributed by atoms with van der Waals surface area (Å²) in [4.78, 5) is 26.4. The van der Waals surface area contributed by atoms with Gasteiger partial charge in [0.15, 0.2) is 5.60 Å². The molecule has 25 heavy (non-hydrogen) atoms. The maximum atomic E-state index is 12.3. The largest absolute Gasteiger partial charge is 0.463 e. The van der Waals surface area contributed by atoms with E-state index in [9.17, 15) is 19.8 Å². The molecule has 2 heterocycles. The van der Waals surface area contributed by atoms with Gasteiger partial charge in [-0.2, -0.15) is 0 Å². The van der Waals surface area contributed by atoms with Gasteiger partial charge in [0.2, 0.25) is 0 Å². The van der Waals surface area contributed by atoms with Gasteiger partial charge in [0.1, 0.15) is 6.10 Å². The van der Waals surface area contributed by atoms with Crippen LogP contribution in [0.25, 0.3) is 0 Å². The van der Waals surface area contributed by atoms with Crippen molar-refractivity contribution in [1.82, 2.24) is 4.90 Å². The Hall–Kier alpha value is -1.18. The third kappa shape index (κ3) is 4.33. The van der Waals surface area contributed by atoms with Crippen LogP contribution >= 0.6 is 0 Å². The Kier molecular flexibility index (Phi) is 6.45. The highest BCUT2D eigenvalue weighted by Gasteiger charge is 2.45. The Bertz CT molecular complexity index is 494. The monoisotopic (exact) mass is 357 g/mol. The molecule has 144 valence electrons. The van der Waals surface area contributed by atoms with Gasteiger partial charge in [0.25, 0.3) is 0 Å². The minimum Gasteiger partial charge on any atom is -0.463 e. The maximum Gasteiger partial charge on any atom is 0.341 e. The van der Waals surface area contributed by atoms with Crippen molar-refractivity contribution < 1.29 is 29.3 Å². The van der Waals surface area contributed by atoms with E-state index in [1.54, 1.807) is 6.92 Å². The number of aliphatic hydroxyl groups excluding tert-OH is 1. The topological polar surface area (TPSA) is 96.3 Å². The highest BCUT2D eigenvalue weighted by Crippen LogP contribution is 2.33. The van der Waals surface area contributed by atoms with Crippen LogP contribution in [0.1, 0.15) is 47.0 Å². The normalized spacial score (nSPS) is 31.0. The molecule has 2 aliphatic heterocycles. The summed E-state index contributed by atoms with van der Waals surface area (Å²) in [5, 5.41) is 20.5. The Morgan fingerprint density at radius 2 is 1.92 bits per heavy atom. The van der Waals surface area contributed by atoms with Crippen molar-refractivity contribution in [3.05, 3.63) is 0 Å². The molecular formula is C18H31NO6. The molecule has 0 aromatic carbocycles. The molecule has 0 aliphatic carbocycles. The van der Waals surface area contributed by atoms with E-state index in [4.69, 9.17) is 9.47 Å². The quantitative estimate of drug-likeness (QED) is 0.648. The first kappa shape index (κ1) is 20.1. The fourth-order valence-corrected chi connectivity index (χ4v) is 3.49. The van der Waals surface area contributed by atoms with Crippen LogP contribution in [-0.2, 0) is 19.1 Å². The summed E-state index contributed by atoms with van der Waals surface area (Å²) in [5.74, 6) is -1.47. The molecule has 0 aromatic heterocycles. The van der Waals surface area contributed by atoms with Crippen LogP contribution in [0.5, 0.6) is 0 Å². The first-order chi connectivity index (χ1) is 11.7. The fourth-order valence-electron chi connectivity index (χ4n) is 3.49. The lowest BCUT2D eigenvalue weighted by Gasteiger charge is -2.29. The number of ether oxygens (including phenoxy) is 2. The third-order valence-corrected chi connectivity index (χ3v) is 5.74. The van der Waals surface area contributed by atoms with Gasteiger partial charge < -0.3 is 19.7 Å². The molecule has 0 bridgehead atoms. The smallest absolute Gasteiger partial charge is 0.341 e. The maximum absolute atomic E-state index is 12.3. The lowest BCUT2D eigenvalue weighted by molar-refractivity contribution is -0.186. The zero-order valence-corrected chi connectivity index (χ0v) is 15.6. The van der Waals surface area contributed by atoms with Gasteiger partial charge in [-0.15, -0.1) is 0 Å². The van der Waals surface area contributed by atoms with Gasteiger partial charge in [0, 0.05) is 18.5 Å². The second kappa shape index (κ2) is 8.01. The van der Waals surface area contributed by atoms with E-state index < -0.39 is 23.6 Å². The van der Waals surface area contributed by atoms with Crippen molar-refractivity contribution in [1.29, 1.82) is 0 Å². The van der Waals surface area contributed by atoms with Crippen molar-refractivity contribution in [2.24, 2.45) is 11.8 Å². The molecular weight excluding hydrogens is 326 g/mol. The number of rotatable bonds is 7. The van der Waals surface area contributed by atoms with Crippen molar-refractivity contribution >= 4 is 11.9 Å². The third-order valence-electron chi connectivity index (χ3n) is 5.74. The molecule has 2 aliphatic rings. The van der Waals surface area contributed by atoms with Gasteiger partial charge >= 0.3 is 11.9 Å². The summed E-state index contributed by atoms with van der Waals surface area (Å²) in [6, 6.07) is 0.0263. The van der Waals surface area contributed by atoms with Crippen molar-refractivity contribution in [2.45, 2.75) is 70.8 Å². The molecule has 2 rings (SSSR count). The number of esters is 2. The zero-order valence-electron chi connectivity index (χ0n) is 15.6. The van der Waals surface area contributed by atoms with E-state index in [0.29, 0.717) is 6.42 Å². The lowest BCUT2D eigenvalue weighted by atomic mass is 9.97. The molecule has 7 heteroatoms. The first-order valence-corrected chi connectivity index (χ1v) is 9.20. The molecule has 0 amide bonds. The van der Waals surface area contributed by atoms with Crippen molar-refractivity contribution in [3.8, 4) is 0 Å². The highest BCUT2D eigenvalue weighted by atomic mass is 16.6. The van der Waals surface area contributed by atoms with Crippen molar-refractivity contribution in [3.63, 3.8) is 0 Å². The van der Waals surface area contributed by atoms with Crippen LogP contribution in [0.2, 0.25) is 0 Å². The molecule has 0 spiro atoms. The van der Waals surface area contributed by atoms with Crippen molar-refractivity contribution in [2.75, 3.05) is 19.7 Å². The van der Waals surface area contributed by atoms with Gasteiger partial charge in [-0.1, -0.05) is 13.8 Å². The summed E-state index contributed by atoms with van der Waals surface area (Å²) in [7, 11) is 0. The fraction of sp³-hybridized carbons (Fsp3) is 0.889. The average Bonchev–Trinajstić information content (AvgIpc) is 3.14. The van der Waals surface area contributed by atoms with Crippen LogP contribution in [0.4, 0.5) is 0 Å². The summed E-state index contributed by atoms with van der Waals surface area (Å²) in [6.07, 6.45) is 0.839. The minimum atomic E-state index is -1.91. The SMILES string of the molecule is CC[C@@H](C)C(=O)O[C@H](C)[C@@](C)(O)C(=O)OC[C@H]1CCN2CC[C@@H](O)[C@@H]12. The van der Waals surface area contributed by atoms with Crippen LogP contribution in [0, 0.1) is 11.8 Å². The molecule has 0 aromatic rings. The molecule has 0 unspecified atom stereocenters. The summed E-state index contributed by atoms with van der Waals surface area (Å²) in [5.41, 5.74) is -1.91. The van der Waals surface area contributed by atoms with Crippen LogP contribution in [0.15, 0.2) is 0 Å². The van der Waals surface area contributed by atoms with E-state index in [1.165, 1.54) is 13.8 Å². The molecule has 0 saturated carbocycles. The number of hydrogen-bond acceptors (Lipinski definition) is 7. The van der Waals surface area contributed by atoms with E-state index >= 15 is 0 Å². The predicted octanol–water partition coefficient (Wildman–Crippen LogP) is 0.714. The summed E-state index contributed by atoms with van der Waals surface area (Å²) < 4.78 is 10.5. The Labute approximate surface area is 149 Å². The lowest BCUT2D eigenvalue weighted by Crippen LogP contribution is -2.49. The molecule has 0 radical (unpaired) electrons. The number of carbonyl (C=O) groups excluding carboxylic acids is 2. The van der Waals surface area contributed by atoms with Gasteiger partial charge in [-0.3, -0.25) is 9.69 Å². The average molecular weight is 357 g/mol. The first-order valence-electron chi connectivity index (χ1n) is 9.20. The van der Waals surface area contributed by atoms with Crippen LogP contribution in [-0.4, -0.2) is 70.6 Å². The zero-order chi connectivity index (χ0) is 18.8. The summed E-state index contributed by atoms with van der Waals surface area (Å²) >= 11 is 0. The number of nitrogens with zero attached hydrogens (tertiary/aromatic N) is 1. The van der Waals surface area contributed by atoms with Gasteiger partial charge in [0.05, 0.1) is 18.6 Å². The minimum absolute atomic E-state index is 0.0263. The second-order valence-electron chi connectivity index (χ2n) is 7.57.